The molecule has 2 aromatic rings. The maximum atomic E-state index is 11.1. The fourth-order valence-electron chi connectivity index (χ4n) is 1.86. The van der Waals surface area contributed by atoms with E-state index < -0.39 is 0 Å². The van der Waals surface area contributed by atoms with Gasteiger partial charge in [0.1, 0.15) is 5.78 Å². The van der Waals surface area contributed by atoms with E-state index in [1.165, 1.54) is 0 Å². The van der Waals surface area contributed by atoms with Gasteiger partial charge in [0.05, 0.1) is 0 Å². The summed E-state index contributed by atoms with van der Waals surface area (Å²) in [4.78, 5) is 11.1. The first kappa shape index (κ1) is 13.1. The maximum absolute atomic E-state index is 11.1. The maximum Gasteiger partial charge on any atom is 0.134 e. The van der Waals surface area contributed by atoms with Crippen molar-refractivity contribution >= 4 is 29.0 Å². The van der Waals surface area contributed by atoms with Gasteiger partial charge in [-0.25, -0.2) is 0 Å². The van der Waals surface area contributed by atoms with Crippen molar-refractivity contribution in [1.29, 1.82) is 0 Å². The van der Waals surface area contributed by atoms with Crippen molar-refractivity contribution in [1.82, 2.24) is 0 Å². The Kier molecular flexibility index (Phi) is 4.05. The van der Waals surface area contributed by atoms with E-state index in [0.717, 1.165) is 16.7 Å². The molecule has 0 bridgehead atoms. The van der Waals surface area contributed by atoms with Crippen LogP contribution < -0.4 is 0 Å². The molecule has 0 saturated carbocycles. The van der Waals surface area contributed by atoms with Crippen molar-refractivity contribution in [3.8, 4) is 11.1 Å². The Bertz CT molecular complexity index is 591. The number of ketones is 1. The molecule has 0 aliphatic heterocycles. The monoisotopic (exact) mass is 278 g/mol. The van der Waals surface area contributed by atoms with Gasteiger partial charge in [0.15, 0.2) is 0 Å². The second-order valence-electron chi connectivity index (χ2n) is 4.20. The topological polar surface area (TPSA) is 17.1 Å². The van der Waals surface area contributed by atoms with Gasteiger partial charge in [0, 0.05) is 22.0 Å². The van der Waals surface area contributed by atoms with E-state index in [1.807, 2.05) is 30.3 Å². The summed E-state index contributed by atoms with van der Waals surface area (Å²) in [5.41, 5.74) is 2.91. The Hall–Kier alpha value is -1.31. The highest BCUT2D eigenvalue weighted by molar-refractivity contribution is 6.36. The molecule has 0 saturated heterocycles. The molecule has 0 radical (unpaired) electrons. The van der Waals surface area contributed by atoms with E-state index in [4.69, 9.17) is 23.2 Å². The Morgan fingerprint density at radius 1 is 1.11 bits per heavy atom. The van der Waals surface area contributed by atoms with Crippen LogP contribution >= 0.6 is 23.2 Å². The first-order valence-electron chi connectivity index (χ1n) is 5.60. The van der Waals surface area contributed by atoms with Crippen LogP contribution in [0.4, 0.5) is 0 Å². The minimum absolute atomic E-state index is 0.148. The Morgan fingerprint density at radius 3 is 2.56 bits per heavy atom. The van der Waals surface area contributed by atoms with E-state index in [-0.39, 0.29) is 5.78 Å². The van der Waals surface area contributed by atoms with E-state index in [1.54, 1.807) is 19.1 Å². The van der Waals surface area contributed by atoms with Crippen LogP contribution in [-0.4, -0.2) is 5.78 Å². The normalized spacial score (nSPS) is 10.4. The lowest BCUT2D eigenvalue weighted by Crippen LogP contribution is -1.96. The molecule has 92 valence electrons. The van der Waals surface area contributed by atoms with Crippen LogP contribution in [0.1, 0.15) is 12.5 Å². The number of carbonyl (C=O) groups excluding carboxylic acids is 1. The predicted molar refractivity (Wildman–Crippen MR) is 76.3 cm³/mol. The molecular weight excluding hydrogens is 267 g/mol. The number of hydrogen-bond donors (Lipinski definition) is 0. The first-order valence-corrected chi connectivity index (χ1v) is 6.35. The molecule has 18 heavy (non-hydrogen) atoms. The van der Waals surface area contributed by atoms with Gasteiger partial charge in [-0.3, -0.25) is 4.79 Å². The van der Waals surface area contributed by atoms with Crippen molar-refractivity contribution < 1.29 is 4.79 Å². The molecule has 0 atom stereocenters. The van der Waals surface area contributed by atoms with E-state index >= 15 is 0 Å². The summed E-state index contributed by atoms with van der Waals surface area (Å²) in [7, 11) is 0. The molecule has 3 heteroatoms. The van der Waals surface area contributed by atoms with Crippen molar-refractivity contribution in [2.45, 2.75) is 13.3 Å². The number of benzene rings is 2. The molecule has 0 fully saturated rings. The van der Waals surface area contributed by atoms with Crippen LogP contribution in [0.15, 0.2) is 42.5 Å². The molecule has 0 amide bonds. The molecule has 0 aromatic heterocycles. The summed E-state index contributed by atoms with van der Waals surface area (Å²) in [5.74, 6) is 0.148. The molecule has 0 N–H and O–H groups in total. The molecule has 2 rings (SSSR count). The van der Waals surface area contributed by atoms with Gasteiger partial charge in [0.25, 0.3) is 0 Å². The summed E-state index contributed by atoms with van der Waals surface area (Å²) in [5, 5.41) is 1.23. The molecule has 0 heterocycles. The molecule has 1 nitrogen and oxygen atoms in total. The highest BCUT2D eigenvalue weighted by Gasteiger charge is 2.05. The highest BCUT2D eigenvalue weighted by Crippen LogP contribution is 2.30. The molecule has 0 aliphatic rings. The predicted octanol–water partition coefficient (Wildman–Crippen LogP) is 4.79. The standard InChI is InChI=1S/C15H12Cl2O/c1-10(18)7-11-3-2-4-12(8-11)14-6-5-13(16)9-15(14)17/h2-6,8-9H,7H2,1H3. The van der Waals surface area contributed by atoms with E-state index in [2.05, 4.69) is 0 Å². The van der Waals surface area contributed by atoms with Crippen LogP contribution in [0.25, 0.3) is 11.1 Å². The fraction of sp³-hybridized carbons (Fsp3) is 0.133. The third kappa shape index (κ3) is 3.12. The van der Waals surface area contributed by atoms with Crippen LogP contribution in [0.2, 0.25) is 10.0 Å². The van der Waals surface area contributed by atoms with Crippen LogP contribution in [0.3, 0.4) is 0 Å². The lowest BCUT2D eigenvalue weighted by Gasteiger charge is -2.07. The summed E-state index contributed by atoms with van der Waals surface area (Å²) < 4.78 is 0. The number of hydrogen-bond acceptors (Lipinski definition) is 1. The fourth-order valence-corrected chi connectivity index (χ4v) is 2.38. The van der Waals surface area contributed by atoms with E-state index in [9.17, 15) is 4.79 Å². The van der Waals surface area contributed by atoms with Crippen molar-refractivity contribution in [2.24, 2.45) is 0 Å². The van der Waals surface area contributed by atoms with Gasteiger partial charge in [-0.05, 0) is 30.2 Å². The largest absolute Gasteiger partial charge is 0.300 e. The van der Waals surface area contributed by atoms with Gasteiger partial charge < -0.3 is 0 Å². The molecule has 0 spiro atoms. The summed E-state index contributed by atoms with van der Waals surface area (Å²) in [6, 6.07) is 13.2. The Balaban J connectivity index is 2.41. The van der Waals surface area contributed by atoms with E-state index in [0.29, 0.717) is 16.5 Å². The first-order chi connectivity index (χ1) is 8.56. The average Bonchev–Trinajstić information content (AvgIpc) is 2.28. The van der Waals surface area contributed by atoms with Crippen LogP contribution in [0, 0.1) is 0 Å². The lowest BCUT2D eigenvalue weighted by molar-refractivity contribution is -0.116. The summed E-state index contributed by atoms with van der Waals surface area (Å²) in [6.45, 7) is 1.59. The van der Waals surface area contributed by atoms with Gasteiger partial charge in [-0.15, -0.1) is 0 Å². The number of halogens is 2. The lowest BCUT2D eigenvalue weighted by atomic mass is 10.0. The molecule has 2 aromatic carbocycles. The third-order valence-electron chi connectivity index (χ3n) is 2.62. The van der Waals surface area contributed by atoms with Crippen LogP contribution in [-0.2, 0) is 11.2 Å². The van der Waals surface area contributed by atoms with Gasteiger partial charge in [-0.2, -0.15) is 0 Å². The summed E-state index contributed by atoms with van der Waals surface area (Å²) >= 11 is 12.0. The van der Waals surface area contributed by atoms with Gasteiger partial charge in [0.2, 0.25) is 0 Å². The van der Waals surface area contributed by atoms with Gasteiger partial charge in [-0.1, -0.05) is 53.5 Å². The van der Waals surface area contributed by atoms with Crippen molar-refractivity contribution in [3.63, 3.8) is 0 Å². The number of rotatable bonds is 3. The number of carbonyl (C=O) groups is 1. The minimum Gasteiger partial charge on any atom is -0.300 e. The summed E-state index contributed by atoms with van der Waals surface area (Å²) in [6.07, 6.45) is 0.444. The van der Waals surface area contributed by atoms with Crippen LogP contribution in [0.5, 0.6) is 0 Å². The zero-order valence-electron chi connectivity index (χ0n) is 9.91. The molecular formula is C15H12Cl2O. The Labute approximate surface area is 116 Å². The quantitative estimate of drug-likeness (QED) is 0.789. The second-order valence-corrected chi connectivity index (χ2v) is 5.05. The second kappa shape index (κ2) is 5.55. The zero-order chi connectivity index (χ0) is 13.1. The smallest absolute Gasteiger partial charge is 0.134 e. The molecule has 0 unspecified atom stereocenters. The number of Topliss-reactive ketones (excluding diaryl/α,β-unsaturated/α-hetero) is 1. The third-order valence-corrected chi connectivity index (χ3v) is 3.17. The molecule has 0 aliphatic carbocycles. The average molecular weight is 279 g/mol. The van der Waals surface area contributed by atoms with Crippen molar-refractivity contribution in [3.05, 3.63) is 58.1 Å². The van der Waals surface area contributed by atoms with Crippen molar-refractivity contribution in [2.75, 3.05) is 0 Å². The highest BCUT2D eigenvalue weighted by atomic mass is 35.5. The minimum atomic E-state index is 0.148. The Morgan fingerprint density at radius 2 is 1.89 bits per heavy atom. The zero-order valence-corrected chi connectivity index (χ0v) is 11.4. The SMILES string of the molecule is CC(=O)Cc1cccc(-c2ccc(Cl)cc2Cl)c1. The van der Waals surface area contributed by atoms with Gasteiger partial charge >= 0.3 is 0 Å².